The van der Waals surface area contributed by atoms with Gasteiger partial charge in [-0.05, 0) is 45.7 Å². The zero-order valence-corrected chi connectivity index (χ0v) is 17.1. The van der Waals surface area contributed by atoms with Crippen LogP contribution in [0.25, 0.3) is 11.7 Å². The van der Waals surface area contributed by atoms with Gasteiger partial charge in [-0.25, -0.2) is 14.3 Å². The molecule has 0 radical (unpaired) electrons. The molecule has 0 N–H and O–H groups in total. The third-order valence-corrected chi connectivity index (χ3v) is 5.38. The third-order valence-electron chi connectivity index (χ3n) is 5.38. The van der Waals surface area contributed by atoms with E-state index in [4.69, 9.17) is 4.74 Å². The molecule has 29 heavy (non-hydrogen) atoms. The Kier molecular flexibility index (Phi) is 5.02. The number of piperazine rings is 1. The van der Waals surface area contributed by atoms with Gasteiger partial charge in [0.15, 0.2) is 5.65 Å². The Balaban J connectivity index is 1.37. The molecular weight excluding hydrogens is 370 g/mol. The number of ether oxygens (including phenoxy) is 1. The molecule has 2 fully saturated rings. The zero-order chi connectivity index (χ0) is 20.6. The van der Waals surface area contributed by atoms with Crippen molar-refractivity contribution in [1.29, 1.82) is 0 Å². The van der Waals surface area contributed by atoms with Crippen LogP contribution in [0.3, 0.4) is 0 Å². The first-order chi connectivity index (χ1) is 13.8. The first kappa shape index (κ1) is 19.4. The fraction of sp³-hybridized carbons (Fsp3) is 0.524. The summed E-state index contributed by atoms with van der Waals surface area (Å²) >= 11 is 0. The summed E-state index contributed by atoms with van der Waals surface area (Å²) in [6, 6.07) is 3.98. The second kappa shape index (κ2) is 7.50. The number of pyridine rings is 1. The lowest BCUT2D eigenvalue weighted by Gasteiger charge is -2.38. The minimum atomic E-state index is -0.514. The van der Waals surface area contributed by atoms with Crippen LogP contribution in [0.1, 0.15) is 39.2 Å². The Bertz CT molecular complexity index is 945. The minimum absolute atomic E-state index is 0.0487. The van der Waals surface area contributed by atoms with Crippen molar-refractivity contribution < 1.29 is 14.3 Å². The van der Waals surface area contributed by atoms with Gasteiger partial charge in [-0.2, -0.15) is 5.10 Å². The molecule has 0 spiro atoms. The summed E-state index contributed by atoms with van der Waals surface area (Å²) in [5.41, 5.74) is 1.26. The lowest BCUT2D eigenvalue weighted by Crippen LogP contribution is -2.54. The van der Waals surface area contributed by atoms with Crippen molar-refractivity contribution in [2.45, 2.75) is 45.3 Å². The highest BCUT2D eigenvalue weighted by Crippen LogP contribution is 2.31. The van der Waals surface area contributed by atoms with Crippen LogP contribution in [0.15, 0.2) is 30.7 Å². The number of aromatic nitrogens is 3. The fourth-order valence-electron chi connectivity index (χ4n) is 4.06. The molecule has 4 rings (SSSR count). The lowest BCUT2D eigenvalue weighted by molar-refractivity contribution is -0.133. The molecule has 8 heteroatoms. The number of carbonyl (C=O) groups is 2. The van der Waals surface area contributed by atoms with E-state index in [1.165, 1.54) is 6.33 Å². The summed E-state index contributed by atoms with van der Waals surface area (Å²) in [5.74, 6) is 0.136. The second-order valence-electron chi connectivity index (χ2n) is 8.67. The highest BCUT2D eigenvalue weighted by molar-refractivity contribution is 5.82. The van der Waals surface area contributed by atoms with Crippen molar-refractivity contribution in [3.8, 4) is 0 Å². The van der Waals surface area contributed by atoms with Crippen LogP contribution in [0.2, 0.25) is 0 Å². The van der Waals surface area contributed by atoms with Gasteiger partial charge >= 0.3 is 6.09 Å². The van der Waals surface area contributed by atoms with Crippen molar-refractivity contribution in [2.24, 2.45) is 5.92 Å². The predicted molar refractivity (Wildman–Crippen MR) is 108 cm³/mol. The van der Waals surface area contributed by atoms with Gasteiger partial charge in [0.1, 0.15) is 11.9 Å². The van der Waals surface area contributed by atoms with Gasteiger partial charge in [-0.3, -0.25) is 4.79 Å². The van der Waals surface area contributed by atoms with Gasteiger partial charge < -0.3 is 14.5 Å². The molecule has 154 valence electrons. The van der Waals surface area contributed by atoms with Gasteiger partial charge in [0, 0.05) is 37.3 Å². The van der Waals surface area contributed by atoms with Crippen LogP contribution in [0.5, 0.6) is 0 Å². The number of amides is 2. The largest absolute Gasteiger partial charge is 0.444 e. The van der Waals surface area contributed by atoms with Crippen LogP contribution >= 0.6 is 0 Å². The summed E-state index contributed by atoms with van der Waals surface area (Å²) in [5, 5.41) is 4.14. The van der Waals surface area contributed by atoms with Gasteiger partial charge in [-0.1, -0.05) is 12.2 Å². The van der Waals surface area contributed by atoms with E-state index in [-0.39, 0.29) is 24.0 Å². The van der Waals surface area contributed by atoms with E-state index < -0.39 is 5.60 Å². The van der Waals surface area contributed by atoms with Crippen LogP contribution in [0.4, 0.5) is 4.79 Å². The Morgan fingerprint density at radius 1 is 1.34 bits per heavy atom. The lowest BCUT2D eigenvalue weighted by atomic mass is 10.00. The average molecular weight is 397 g/mol. The first-order valence-electron chi connectivity index (χ1n) is 10.0. The number of allylic oxidation sites excluding steroid dienone is 1. The normalized spacial score (nSPS) is 22.5. The van der Waals surface area contributed by atoms with Gasteiger partial charge in [0.25, 0.3) is 0 Å². The van der Waals surface area contributed by atoms with Gasteiger partial charge in [0.05, 0.1) is 6.04 Å². The zero-order valence-electron chi connectivity index (χ0n) is 17.1. The summed E-state index contributed by atoms with van der Waals surface area (Å²) < 4.78 is 7.21. The maximum atomic E-state index is 12.8. The molecule has 8 nitrogen and oxygen atoms in total. The number of rotatable bonds is 3. The van der Waals surface area contributed by atoms with Crippen LogP contribution in [0, 0.1) is 5.92 Å². The monoisotopic (exact) mass is 397 g/mol. The van der Waals surface area contributed by atoms with Gasteiger partial charge in [0.2, 0.25) is 5.91 Å². The summed E-state index contributed by atoms with van der Waals surface area (Å²) in [4.78, 5) is 33.1. The summed E-state index contributed by atoms with van der Waals surface area (Å²) in [6.07, 6.45) is 8.56. The van der Waals surface area contributed by atoms with Crippen molar-refractivity contribution in [2.75, 3.05) is 19.6 Å². The van der Waals surface area contributed by atoms with E-state index in [0.29, 0.717) is 26.1 Å². The van der Waals surface area contributed by atoms with Crippen molar-refractivity contribution in [1.82, 2.24) is 24.4 Å². The number of carbonyl (C=O) groups excluding carboxylic acids is 2. The first-order valence-corrected chi connectivity index (χ1v) is 10.0. The van der Waals surface area contributed by atoms with Gasteiger partial charge in [-0.15, -0.1) is 0 Å². The van der Waals surface area contributed by atoms with Crippen molar-refractivity contribution >= 4 is 23.7 Å². The third kappa shape index (κ3) is 4.11. The molecule has 2 aromatic heterocycles. The molecule has 2 amide bonds. The molecule has 0 saturated carbocycles. The maximum absolute atomic E-state index is 12.8. The molecule has 0 bridgehead atoms. The smallest absolute Gasteiger partial charge is 0.410 e. The minimum Gasteiger partial charge on any atom is -0.444 e. The summed E-state index contributed by atoms with van der Waals surface area (Å²) in [7, 11) is 0. The second-order valence-corrected chi connectivity index (χ2v) is 8.67. The molecule has 0 aliphatic carbocycles. The van der Waals surface area contributed by atoms with E-state index in [1.807, 2.05) is 56.2 Å². The topological polar surface area (TPSA) is 80.0 Å². The molecule has 2 atom stereocenters. The number of hydrogen-bond donors (Lipinski definition) is 0. The Morgan fingerprint density at radius 2 is 2.17 bits per heavy atom. The summed E-state index contributed by atoms with van der Waals surface area (Å²) in [6.45, 7) is 7.23. The fourth-order valence-corrected chi connectivity index (χ4v) is 4.06. The van der Waals surface area contributed by atoms with Crippen molar-refractivity contribution in [3.05, 3.63) is 36.3 Å². The van der Waals surface area contributed by atoms with E-state index in [9.17, 15) is 9.59 Å². The van der Waals surface area contributed by atoms with Crippen LogP contribution in [-0.4, -0.2) is 67.7 Å². The van der Waals surface area contributed by atoms with E-state index in [2.05, 4.69) is 10.1 Å². The van der Waals surface area contributed by atoms with Crippen LogP contribution < -0.4 is 0 Å². The number of fused-ring (bicyclic) bond motifs is 2. The Labute approximate surface area is 170 Å². The quantitative estimate of drug-likeness (QED) is 0.795. The Hall–Kier alpha value is -2.90. The maximum Gasteiger partial charge on any atom is 0.410 e. The molecule has 2 aromatic rings. The molecule has 0 aromatic carbocycles. The van der Waals surface area contributed by atoms with Crippen LogP contribution in [-0.2, 0) is 9.53 Å². The molecule has 2 aliphatic heterocycles. The highest BCUT2D eigenvalue weighted by atomic mass is 16.6. The molecular formula is C21H27N5O3. The van der Waals surface area contributed by atoms with E-state index in [0.717, 1.165) is 17.6 Å². The van der Waals surface area contributed by atoms with E-state index in [1.54, 1.807) is 9.42 Å². The average Bonchev–Trinajstić information content (AvgIpc) is 3.25. The predicted octanol–water partition coefficient (Wildman–Crippen LogP) is 2.60. The van der Waals surface area contributed by atoms with E-state index >= 15 is 0 Å². The highest BCUT2D eigenvalue weighted by Gasteiger charge is 2.43. The molecule has 4 heterocycles. The van der Waals surface area contributed by atoms with Crippen molar-refractivity contribution in [3.63, 3.8) is 0 Å². The standard InChI is InChI=1S/C21H27N5O3/c1-21(2,3)29-20(28)24-10-11-25-17(13-24)12-16(19(25)27)7-4-6-15-8-5-9-26-18(15)22-14-23-26/h4-6,8-9,14,16-17H,7,10-13H2,1-3H3/b6-4-/t16-,17-/m0/s1. The molecule has 2 saturated heterocycles. The number of hydrogen-bond acceptors (Lipinski definition) is 5. The molecule has 2 aliphatic rings. The Morgan fingerprint density at radius 3 is 2.97 bits per heavy atom. The molecule has 0 unspecified atom stereocenters. The number of nitrogens with zero attached hydrogens (tertiary/aromatic N) is 5. The SMILES string of the molecule is CC(C)(C)OC(=O)N1CCN2C(=O)[C@@H](C/C=C\c3cccn4ncnc34)C[C@H]2C1.